The van der Waals surface area contributed by atoms with E-state index in [9.17, 15) is 13.2 Å². The predicted octanol–water partition coefficient (Wildman–Crippen LogP) is 3.91. The minimum absolute atomic E-state index is 0.150. The van der Waals surface area contributed by atoms with Gasteiger partial charge in [-0.2, -0.15) is 17.7 Å². The smallest absolute Gasteiger partial charge is 0.355 e. The lowest BCUT2D eigenvalue weighted by Gasteiger charge is -2.33. The van der Waals surface area contributed by atoms with Crippen molar-refractivity contribution < 1.29 is 13.2 Å². The topological polar surface area (TPSA) is 59.2 Å². The molecule has 0 N–H and O–H groups in total. The second-order valence-electron chi connectivity index (χ2n) is 6.90. The molecule has 1 aliphatic heterocycles. The summed E-state index contributed by atoms with van der Waals surface area (Å²) in [4.78, 5) is 7.73. The van der Waals surface area contributed by atoms with E-state index < -0.39 is 12.0 Å². The molecule has 4 heterocycles. The first-order chi connectivity index (χ1) is 12.8. The molecule has 0 atom stereocenters. The molecule has 4 rings (SSSR count). The highest BCUT2D eigenvalue weighted by atomic mass is 32.1. The van der Waals surface area contributed by atoms with Crippen molar-refractivity contribution in [3.63, 3.8) is 0 Å². The standard InChI is InChI=1S/C17H19F3N6S/c1-9-8-21-15(27-9)12-4-6-25(7-5-12)14-11(3)10(2)13-22-23-16(17(18,19)20)26(13)24-14/h8,12H,4-7H2,1-3H3. The zero-order valence-electron chi connectivity index (χ0n) is 15.2. The van der Waals surface area contributed by atoms with Gasteiger partial charge in [-0.3, -0.25) is 0 Å². The third-order valence-corrected chi connectivity index (χ3v) is 6.18. The van der Waals surface area contributed by atoms with E-state index in [1.807, 2.05) is 20.0 Å². The SMILES string of the molecule is Cc1cnc(C2CCN(c3nn4c(C(F)(F)F)nnc4c(C)c3C)CC2)s1. The molecule has 0 aliphatic carbocycles. The lowest BCUT2D eigenvalue weighted by Crippen LogP contribution is -2.34. The van der Waals surface area contributed by atoms with Crippen LogP contribution in [0.4, 0.5) is 19.0 Å². The van der Waals surface area contributed by atoms with Crippen molar-refractivity contribution in [2.45, 2.75) is 45.7 Å². The Morgan fingerprint density at radius 3 is 2.37 bits per heavy atom. The van der Waals surface area contributed by atoms with E-state index in [0.717, 1.165) is 41.0 Å². The van der Waals surface area contributed by atoms with Crippen molar-refractivity contribution in [2.75, 3.05) is 18.0 Å². The maximum atomic E-state index is 13.2. The summed E-state index contributed by atoms with van der Waals surface area (Å²) in [6.07, 6.45) is -0.903. The van der Waals surface area contributed by atoms with Crippen LogP contribution < -0.4 is 4.90 Å². The van der Waals surface area contributed by atoms with Gasteiger partial charge < -0.3 is 4.90 Å². The maximum Gasteiger partial charge on any atom is 0.453 e. The first-order valence-electron chi connectivity index (χ1n) is 8.72. The molecule has 144 valence electrons. The summed E-state index contributed by atoms with van der Waals surface area (Å²) in [6.45, 7) is 7.13. The zero-order chi connectivity index (χ0) is 19.3. The summed E-state index contributed by atoms with van der Waals surface area (Å²) in [5.74, 6) is -0.125. The lowest BCUT2D eigenvalue weighted by molar-refractivity contribution is -0.146. The largest absolute Gasteiger partial charge is 0.453 e. The van der Waals surface area contributed by atoms with Crippen molar-refractivity contribution in [2.24, 2.45) is 0 Å². The Morgan fingerprint density at radius 1 is 1.07 bits per heavy atom. The first kappa shape index (κ1) is 18.1. The van der Waals surface area contributed by atoms with Gasteiger partial charge in [0.25, 0.3) is 5.82 Å². The molecule has 0 spiro atoms. The van der Waals surface area contributed by atoms with Gasteiger partial charge in [-0.25, -0.2) is 4.98 Å². The Balaban J connectivity index is 1.65. The molecule has 27 heavy (non-hydrogen) atoms. The number of nitrogens with zero attached hydrogens (tertiary/aromatic N) is 6. The maximum absolute atomic E-state index is 13.2. The molecule has 3 aromatic heterocycles. The van der Waals surface area contributed by atoms with Crippen LogP contribution in [0.1, 0.15) is 45.6 Å². The van der Waals surface area contributed by atoms with Crippen LogP contribution in [0.15, 0.2) is 6.20 Å². The normalized spacial score (nSPS) is 16.4. The highest BCUT2D eigenvalue weighted by Gasteiger charge is 2.38. The second kappa shape index (κ2) is 6.43. The van der Waals surface area contributed by atoms with Crippen molar-refractivity contribution in [1.82, 2.24) is 24.8 Å². The number of hydrogen-bond donors (Lipinski definition) is 0. The number of fused-ring (bicyclic) bond motifs is 1. The van der Waals surface area contributed by atoms with E-state index in [4.69, 9.17) is 0 Å². The fourth-order valence-electron chi connectivity index (χ4n) is 3.49. The third kappa shape index (κ3) is 3.15. The summed E-state index contributed by atoms with van der Waals surface area (Å²) in [7, 11) is 0. The summed E-state index contributed by atoms with van der Waals surface area (Å²) in [5.41, 5.74) is 1.66. The highest BCUT2D eigenvalue weighted by Crippen LogP contribution is 2.35. The van der Waals surface area contributed by atoms with Crippen LogP contribution in [-0.4, -0.2) is 37.9 Å². The fourth-order valence-corrected chi connectivity index (χ4v) is 4.43. The minimum atomic E-state index is -4.60. The van der Waals surface area contributed by atoms with Gasteiger partial charge in [0.1, 0.15) is 0 Å². The molecule has 1 aliphatic rings. The van der Waals surface area contributed by atoms with E-state index in [1.54, 1.807) is 18.3 Å². The van der Waals surface area contributed by atoms with Gasteiger partial charge in [0.05, 0.1) is 5.01 Å². The van der Waals surface area contributed by atoms with E-state index in [-0.39, 0.29) is 5.65 Å². The molecular weight excluding hydrogens is 377 g/mol. The quantitative estimate of drug-likeness (QED) is 0.657. The van der Waals surface area contributed by atoms with E-state index >= 15 is 0 Å². The van der Waals surface area contributed by atoms with Gasteiger partial charge in [-0.1, -0.05) is 0 Å². The van der Waals surface area contributed by atoms with Crippen LogP contribution in [0.5, 0.6) is 0 Å². The van der Waals surface area contributed by atoms with Gasteiger partial charge in [0.2, 0.25) is 0 Å². The van der Waals surface area contributed by atoms with Gasteiger partial charge in [-0.15, -0.1) is 26.6 Å². The van der Waals surface area contributed by atoms with Crippen LogP contribution in [0.3, 0.4) is 0 Å². The summed E-state index contributed by atoms with van der Waals surface area (Å²) in [6, 6.07) is 0. The molecule has 3 aromatic rings. The second-order valence-corrected chi connectivity index (χ2v) is 8.17. The Kier molecular flexibility index (Phi) is 4.32. The van der Waals surface area contributed by atoms with Crippen LogP contribution >= 0.6 is 11.3 Å². The molecule has 0 radical (unpaired) electrons. The first-order valence-corrected chi connectivity index (χ1v) is 9.54. The molecule has 10 heteroatoms. The van der Waals surface area contributed by atoms with Gasteiger partial charge >= 0.3 is 6.18 Å². The number of hydrogen-bond acceptors (Lipinski definition) is 6. The molecule has 0 amide bonds. The molecule has 0 bridgehead atoms. The molecule has 0 aromatic carbocycles. The number of rotatable bonds is 2. The van der Waals surface area contributed by atoms with Gasteiger partial charge in [-0.05, 0) is 33.6 Å². The molecular formula is C17H19F3N6S. The van der Waals surface area contributed by atoms with Crippen LogP contribution in [0, 0.1) is 20.8 Å². The Morgan fingerprint density at radius 2 is 1.78 bits per heavy atom. The number of thiazole rings is 1. The molecule has 1 saturated heterocycles. The average Bonchev–Trinajstić information content (AvgIpc) is 3.24. The Hall–Kier alpha value is -2.23. The van der Waals surface area contributed by atoms with Crippen LogP contribution in [0.2, 0.25) is 0 Å². The molecule has 6 nitrogen and oxygen atoms in total. The molecule has 0 saturated carbocycles. The molecule has 1 fully saturated rings. The van der Waals surface area contributed by atoms with Crippen molar-refractivity contribution in [3.05, 3.63) is 33.0 Å². The van der Waals surface area contributed by atoms with Crippen LogP contribution in [0.25, 0.3) is 5.65 Å². The van der Waals surface area contributed by atoms with Crippen molar-refractivity contribution in [1.29, 1.82) is 0 Å². The van der Waals surface area contributed by atoms with Crippen LogP contribution in [-0.2, 0) is 6.18 Å². The zero-order valence-corrected chi connectivity index (χ0v) is 16.0. The summed E-state index contributed by atoms with van der Waals surface area (Å²) in [5, 5.41) is 12.4. The van der Waals surface area contributed by atoms with Gasteiger partial charge in [0, 0.05) is 41.2 Å². The predicted molar refractivity (Wildman–Crippen MR) is 96.3 cm³/mol. The van der Waals surface area contributed by atoms with E-state index in [1.165, 1.54) is 4.88 Å². The Bertz CT molecular complexity index is 985. The van der Waals surface area contributed by atoms with E-state index in [0.29, 0.717) is 17.3 Å². The number of anilines is 1. The van der Waals surface area contributed by atoms with Crippen molar-refractivity contribution >= 4 is 22.8 Å². The monoisotopic (exact) mass is 396 g/mol. The lowest BCUT2D eigenvalue weighted by atomic mass is 9.97. The van der Waals surface area contributed by atoms with E-state index in [2.05, 4.69) is 25.2 Å². The number of aryl methyl sites for hydroxylation is 2. The highest BCUT2D eigenvalue weighted by molar-refractivity contribution is 7.11. The average molecular weight is 396 g/mol. The number of piperidine rings is 1. The number of aromatic nitrogens is 5. The summed E-state index contributed by atoms with van der Waals surface area (Å²) < 4.78 is 40.5. The Labute approximate surface area is 158 Å². The molecule has 0 unspecified atom stereocenters. The minimum Gasteiger partial charge on any atom is -0.355 e. The fraction of sp³-hybridized carbons (Fsp3) is 0.529. The number of alkyl halides is 3. The number of halogens is 3. The van der Waals surface area contributed by atoms with Crippen molar-refractivity contribution in [3.8, 4) is 0 Å². The summed E-state index contributed by atoms with van der Waals surface area (Å²) >= 11 is 1.71. The third-order valence-electron chi connectivity index (χ3n) is 5.11. The van der Waals surface area contributed by atoms with Gasteiger partial charge in [0.15, 0.2) is 11.5 Å².